The minimum Gasteiger partial charge on any atom is -0.507 e. The zero-order valence-corrected chi connectivity index (χ0v) is 19.0. The molecule has 5 rings (SSSR count). The van der Waals surface area contributed by atoms with Crippen molar-refractivity contribution in [3.63, 3.8) is 0 Å². The third kappa shape index (κ3) is 3.08. The number of rotatable bonds is 3. The van der Waals surface area contributed by atoms with Crippen LogP contribution in [0.1, 0.15) is 47.3 Å². The van der Waals surface area contributed by atoms with E-state index in [0.29, 0.717) is 27.0 Å². The van der Waals surface area contributed by atoms with Crippen LogP contribution in [-0.4, -0.2) is 27.4 Å². The molecule has 8 heteroatoms. The Morgan fingerprint density at radius 1 is 1.12 bits per heavy atom. The zero-order valence-electron chi connectivity index (χ0n) is 18.1. The third-order valence-electron chi connectivity index (χ3n) is 6.29. The third-order valence-corrected chi connectivity index (χ3v) is 7.42. The molecule has 0 amide bonds. The van der Waals surface area contributed by atoms with Gasteiger partial charge in [0.25, 0.3) is 0 Å². The first kappa shape index (κ1) is 21.6. The highest BCUT2D eigenvalue weighted by Crippen LogP contribution is 2.53. The molecule has 2 aromatic heterocycles. The minimum atomic E-state index is -1.07. The number of carbonyl (C=O) groups is 1. The molecule has 0 spiro atoms. The smallest absolute Gasteiger partial charge is 0.336 e. The highest BCUT2D eigenvalue weighted by atomic mass is 32.1. The first-order valence-electron chi connectivity index (χ1n) is 10.3. The quantitative estimate of drug-likeness (QED) is 0.389. The van der Waals surface area contributed by atoms with Gasteiger partial charge in [-0.25, -0.2) is 13.6 Å². The summed E-state index contributed by atoms with van der Waals surface area (Å²) in [4.78, 5) is 12.2. The first-order valence-corrected chi connectivity index (χ1v) is 11.2. The fourth-order valence-electron chi connectivity index (χ4n) is 4.68. The highest BCUT2D eigenvalue weighted by Gasteiger charge is 2.48. The van der Waals surface area contributed by atoms with Crippen molar-refractivity contribution in [3.05, 3.63) is 81.2 Å². The molecule has 0 aliphatic carbocycles. The van der Waals surface area contributed by atoms with E-state index in [9.17, 15) is 23.8 Å². The van der Waals surface area contributed by atoms with Crippen molar-refractivity contribution >= 4 is 28.2 Å². The number of carboxylic acid groups (broad SMARTS) is 1. The number of hydrogen-bond donors (Lipinski definition) is 2. The van der Waals surface area contributed by atoms with E-state index in [0.717, 1.165) is 17.8 Å². The number of aromatic carboxylic acids is 1. The second-order valence-electron chi connectivity index (χ2n) is 9.04. The Morgan fingerprint density at radius 2 is 1.88 bits per heavy atom. The summed E-state index contributed by atoms with van der Waals surface area (Å²) in [5.41, 5.74) is 1.02. The van der Waals surface area contributed by atoms with Crippen molar-refractivity contribution in [2.24, 2.45) is 0 Å². The monoisotopic (exact) mass is 469 g/mol. The number of carboxylic acids is 1. The lowest BCUT2D eigenvalue weighted by Gasteiger charge is -2.42. The molecule has 3 heterocycles. The summed E-state index contributed by atoms with van der Waals surface area (Å²) in [5, 5.41) is 22.4. The van der Waals surface area contributed by atoms with E-state index >= 15 is 0 Å². The van der Waals surface area contributed by atoms with E-state index in [-0.39, 0.29) is 17.9 Å². The van der Waals surface area contributed by atoms with Crippen molar-refractivity contribution in [1.82, 2.24) is 4.57 Å². The summed E-state index contributed by atoms with van der Waals surface area (Å²) in [7, 11) is 0. The van der Waals surface area contributed by atoms with Crippen LogP contribution in [0.25, 0.3) is 16.6 Å². The second kappa shape index (κ2) is 7.13. The second-order valence-corrected chi connectivity index (χ2v) is 9.95. The number of halogens is 2. The maximum Gasteiger partial charge on any atom is 0.336 e. The Hall–Kier alpha value is -3.23. The van der Waals surface area contributed by atoms with Crippen LogP contribution in [0.15, 0.2) is 47.8 Å². The van der Waals surface area contributed by atoms with Gasteiger partial charge in [-0.3, -0.25) is 0 Å². The lowest BCUT2D eigenvalue weighted by atomic mass is 9.77. The zero-order chi connectivity index (χ0) is 23.7. The first-order chi connectivity index (χ1) is 15.5. The lowest BCUT2D eigenvalue weighted by Crippen LogP contribution is -2.42. The lowest BCUT2D eigenvalue weighted by molar-refractivity contribution is -0.0414. The molecule has 2 aromatic carbocycles. The van der Waals surface area contributed by atoms with E-state index in [4.69, 9.17) is 4.74 Å². The van der Waals surface area contributed by atoms with E-state index in [2.05, 4.69) is 0 Å². The predicted molar refractivity (Wildman–Crippen MR) is 122 cm³/mol. The van der Waals surface area contributed by atoms with Crippen LogP contribution >= 0.6 is 11.3 Å². The molecule has 2 N–H and O–H groups in total. The van der Waals surface area contributed by atoms with Crippen LogP contribution in [0.3, 0.4) is 0 Å². The Morgan fingerprint density at radius 3 is 2.55 bits per heavy atom. The van der Waals surface area contributed by atoms with Crippen molar-refractivity contribution in [2.75, 3.05) is 6.61 Å². The van der Waals surface area contributed by atoms with Crippen LogP contribution in [0.4, 0.5) is 8.78 Å². The van der Waals surface area contributed by atoms with Gasteiger partial charge in [0.15, 0.2) is 11.6 Å². The standard InChI is InChI=1S/C25H21F2NO4S/c1-24(2)12-32-25(3,19-9-13(11-33-19)23(30)31)21-20-17(5-4-6-18(20)29)28(22(21)24)14-7-8-15(26)16(27)10-14/h4-11,29H,12H2,1-3H3,(H,30,31). The number of fused-ring (bicyclic) bond motifs is 3. The number of phenols is 1. The average molecular weight is 470 g/mol. The van der Waals surface area contributed by atoms with Gasteiger partial charge in [0, 0.05) is 44.1 Å². The SMILES string of the molecule is CC1(C)COC(C)(c2cc(C(=O)O)cs2)c2c1n(-c1ccc(F)c(F)c1)c1cccc(O)c21. The minimum absolute atomic E-state index is 0.0209. The molecular formula is C25H21F2NO4S. The number of aromatic hydroxyl groups is 1. The summed E-state index contributed by atoms with van der Waals surface area (Å²) in [6, 6.07) is 10.4. The largest absolute Gasteiger partial charge is 0.507 e. The number of hydrogen-bond acceptors (Lipinski definition) is 4. The van der Waals surface area contributed by atoms with Crippen LogP contribution in [0.5, 0.6) is 5.75 Å². The fourth-order valence-corrected chi connectivity index (χ4v) is 5.68. The number of aromatic nitrogens is 1. The maximum absolute atomic E-state index is 14.3. The van der Waals surface area contributed by atoms with Crippen LogP contribution in [0.2, 0.25) is 0 Å². The van der Waals surface area contributed by atoms with Gasteiger partial charge in [-0.2, -0.15) is 0 Å². The summed E-state index contributed by atoms with van der Waals surface area (Å²) in [6.07, 6.45) is 0. The Labute approximate surface area is 192 Å². The van der Waals surface area contributed by atoms with Crippen molar-refractivity contribution in [1.29, 1.82) is 0 Å². The molecule has 170 valence electrons. The predicted octanol–water partition coefficient (Wildman–Crippen LogP) is 5.95. The Bertz CT molecular complexity index is 1440. The van der Waals surface area contributed by atoms with Crippen molar-refractivity contribution < 1.29 is 28.5 Å². The van der Waals surface area contributed by atoms with Gasteiger partial charge in [0.1, 0.15) is 11.4 Å². The molecule has 5 nitrogen and oxygen atoms in total. The van der Waals surface area contributed by atoms with Gasteiger partial charge in [-0.1, -0.05) is 19.9 Å². The summed E-state index contributed by atoms with van der Waals surface area (Å²) >= 11 is 1.26. The summed E-state index contributed by atoms with van der Waals surface area (Å²) in [5.74, 6) is -2.93. The average Bonchev–Trinajstić information content (AvgIpc) is 3.39. The fraction of sp³-hybridized carbons (Fsp3) is 0.240. The molecule has 1 unspecified atom stereocenters. The molecule has 1 aliphatic heterocycles. The van der Waals surface area contributed by atoms with Crippen LogP contribution < -0.4 is 0 Å². The number of nitrogens with zero attached hydrogens (tertiary/aromatic N) is 1. The maximum atomic E-state index is 14.3. The van der Waals surface area contributed by atoms with Gasteiger partial charge >= 0.3 is 5.97 Å². The normalized spacial score (nSPS) is 19.5. The van der Waals surface area contributed by atoms with E-state index in [1.54, 1.807) is 23.6 Å². The molecule has 4 aromatic rings. The molecule has 0 radical (unpaired) electrons. The topological polar surface area (TPSA) is 71.7 Å². The van der Waals surface area contributed by atoms with Gasteiger partial charge in [0.05, 0.1) is 17.7 Å². The Kier molecular flexibility index (Phi) is 4.67. The van der Waals surface area contributed by atoms with E-state index < -0.39 is 28.6 Å². The molecular weight excluding hydrogens is 448 g/mol. The van der Waals surface area contributed by atoms with Crippen molar-refractivity contribution in [3.8, 4) is 11.4 Å². The van der Waals surface area contributed by atoms with Gasteiger partial charge in [-0.05, 0) is 37.3 Å². The van der Waals surface area contributed by atoms with Gasteiger partial charge < -0.3 is 19.5 Å². The van der Waals surface area contributed by atoms with Crippen LogP contribution in [0, 0.1) is 11.6 Å². The highest BCUT2D eigenvalue weighted by molar-refractivity contribution is 7.10. The number of thiophene rings is 1. The summed E-state index contributed by atoms with van der Waals surface area (Å²) < 4.78 is 36.2. The van der Waals surface area contributed by atoms with E-state index in [1.807, 2.05) is 31.4 Å². The van der Waals surface area contributed by atoms with E-state index in [1.165, 1.54) is 17.4 Å². The van der Waals surface area contributed by atoms with Gasteiger partial charge in [0.2, 0.25) is 0 Å². The number of benzene rings is 2. The Balaban J connectivity index is 1.91. The molecule has 1 atom stereocenters. The van der Waals surface area contributed by atoms with Crippen LogP contribution in [-0.2, 0) is 15.8 Å². The van der Waals surface area contributed by atoms with Crippen molar-refractivity contribution in [2.45, 2.75) is 31.8 Å². The molecule has 1 aliphatic rings. The van der Waals surface area contributed by atoms with Gasteiger partial charge in [-0.15, -0.1) is 11.3 Å². The summed E-state index contributed by atoms with van der Waals surface area (Å²) in [6.45, 7) is 6.10. The molecule has 33 heavy (non-hydrogen) atoms. The molecule has 0 saturated heterocycles. The molecule has 0 saturated carbocycles. The number of ether oxygens (including phenoxy) is 1. The molecule has 0 fully saturated rings. The molecule has 0 bridgehead atoms. The number of phenolic OH excluding ortho intramolecular Hbond substituents is 1.